The standard InChI is InChI=1S/C19H17ClF2N2O/c20-12-4-5-16-14(10-12)19(6-8-23-9-7-19)11-24(16)18(25)13-2-1-3-15(21)17(13)22/h1-5,10,23H,6-9,11H2. The first-order chi connectivity index (χ1) is 12.0. The van der Waals surface area contributed by atoms with Crippen LogP contribution < -0.4 is 10.2 Å². The number of carbonyl (C=O) groups excluding carboxylic acids is 1. The third-order valence-corrected chi connectivity index (χ3v) is 5.50. The van der Waals surface area contributed by atoms with Crippen LogP contribution in [0.5, 0.6) is 0 Å². The average molecular weight is 363 g/mol. The Balaban J connectivity index is 1.79. The summed E-state index contributed by atoms with van der Waals surface area (Å²) < 4.78 is 27.7. The molecule has 0 unspecified atom stereocenters. The lowest BCUT2D eigenvalue weighted by molar-refractivity contribution is 0.0978. The summed E-state index contributed by atoms with van der Waals surface area (Å²) >= 11 is 6.19. The molecule has 0 radical (unpaired) electrons. The molecule has 1 saturated heterocycles. The number of nitrogens with one attached hydrogen (secondary N) is 1. The van der Waals surface area contributed by atoms with Crippen LogP contribution in [0.15, 0.2) is 36.4 Å². The zero-order valence-electron chi connectivity index (χ0n) is 13.5. The minimum absolute atomic E-state index is 0.190. The van der Waals surface area contributed by atoms with Gasteiger partial charge in [-0.2, -0.15) is 0 Å². The largest absolute Gasteiger partial charge is 0.317 e. The predicted molar refractivity (Wildman–Crippen MR) is 93.3 cm³/mol. The van der Waals surface area contributed by atoms with E-state index in [-0.39, 0.29) is 11.0 Å². The molecule has 1 fully saturated rings. The molecule has 1 N–H and O–H groups in total. The van der Waals surface area contributed by atoms with Crippen LogP contribution in [0.25, 0.3) is 0 Å². The maximum atomic E-state index is 14.1. The highest BCUT2D eigenvalue weighted by atomic mass is 35.5. The molecule has 0 aliphatic carbocycles. The van der Waals surface area contributed by atoms with Crippen LogP contribution in [0.1, 0.15) is 28.8 Å². The topological polar surface area (TPSA) is 32.3 Å². The zero-order valence-corrected chi connectivity index (χ0v) is 14.2. The van der Waals surface area contributed by atoms with Gasteiger partial charge in [0.2, 0.25) is 0 Å². The fourth-order valence-corrected chi connectivity index (χ4v) is 4.14. The van der Waals surface area contributed by atoms with Crippen molar-refractivity contribution in [3.63, 3.8) is 0 Å². The summed E-state index contributed by atoms with van der Waals surface area (Å²) in [4.78, 5) is 14.5. The highest BCUT2D eigenvalue weighted by Crippen LogP contribution is 2.47. The summed E-state index contributed by atoms with van der Waals surface area (Å²) in [6.45, 7) is 2.16. The maximum absolute atomic E-state index is 14.1. The Hall–Kier alpha value is -1.98. The van der Waals surface area contributed by atoms with Crippen LogP contribution in [0.2, 0.25) is 5.02 Å². The van der Waals surface area contributed by atoms with Crippen LogP contribution in [-0.2, 0) is 5.41 Å². The van der Waals surface area contributed by atoms with Crippen molar-refractivity contribution in [1.29, 1.82) is 0 Å². The minimum atomic E-state index is -1.10. The van der Waals surface area contributed by atoms with Crippen molar-refractivity contribution >= 4 is 23.2 Å². The molecular weight excluding hydrogens is 346 g/mol. The molecule has 2 heterocycles. The highest BCUT2D eigenvalue weighted by Gasteiger charge is 2.45. The molecule has 6 heteroatoms. The van der Waals surface area contributed by atoms with Gasteiger partial charge in [0.05, 0.1) is 5.56 Å². The van der Waals surface area contributed by atoms with Gasteiger partial charge in [0, 0.05) is 22.7 Å². The average Bonchev–Trinajstić information content (AvgIpc) is 2.91. The molecule has 2 aliphatic heterocycles. The Morgan fingerprint density at radius 3 is 2.68 bits per heavy atom. The third kappa shape index (κ3) is 2.62. The zero-order chi connectivity index (χ0) is 17.6. The van der Waals surface area contributed by atoms with Gasteiger partial charge in [-0.15, -0.1) is 0 Å². The van der Waals surface area contributed by atoms with Crippen molar-refractivity contribution in [3.05, 3.63) is 64.2 Å². The van der Waals surface area contributed by atoms with Crippen LogP contribution in [0.4, 0.5) is 14.5 Å². The van der Waals surface area contributed by atoms with Gasteiger partial charge in [0.25, 0.3) is 5.91 Å². The molecule has 1 spiro atoms. The molecule has 0 bridgehead atoms. The molecular formula is C19H17ClF2N2O. The van der Waals surface area contributed by atoms with Gasteiger partial charge in [0.15, 0.2) is 11.6 Å². The van der Waals surface area contributed by atoms with E-state index in [4.69, 9.17) is 11.6 Å². The summed E-state index contributed by atoms with van der Waals surface area (Å²) in [6.07, 6.45) is 1.74. The second-order valence-corrected chi connectivity index (χ2v) is 7.12. The number of nitrogens with zero attached hydrogens (tertiary/aromatic N) is 1. The predicted octanol–water partition coefficient (Wildman–Crippen LogP) is 3.90. The van der Waals surface area contributed by atoms with E-state index >= 15 is 0 Å². The Labute approximate surface area is 149 Å². The summed E-state index contributed by atoms with van der Waals surface area (Å²) in [6, 6.07) is 9.11. The van der Waals surface area contributed by atoms with E-state index in [0.29, 0.717) is 11.6 Å². The van der Waals surface area contributed by atoms with E-state index in [2.05, 4.69) is 5.32 Å². The van der Waals surface area contributed by atoms with Gasteiger partial charge in [-0.25, -0.2) is 8.78 Å². The monoisotopic (exact) mass is 362 g/mol. The van der Waals surface area contributed by atoms with Crippen molar-refractivity contribution in [3.8, 4) is 0 Å². The van der Waals surface area contributed by atoms with Crippen LogP contribution in [-0.4, -0.2) is 25.5 Å². The molecule has 0 aromatic heterocycles. The van der Waals surface area contributed by atoms with E-state index in [1.165, 1.54) is 12.1 Å². The van der Waals surface area contributed by atoms with Crippen LogP contribution >= 0.6 is 11.6 Å². The Morgan fingerprint density at radius 1 is 1.16 bits per heavy atom. The van der Waals surface area contributed by atoms with Gasteiger partial charge >= 0.3 is 0 Å². The first-order valence-corrected chi connectivity index (χ1v) is 8.66. The number of fused-ring (bicyclic) bond motifs is 2. The fraction of sp³-hybridized carbons (Fsp3) is 0.316. The first-order valence-electron chi connectivity index (χ1n) is 8.28. The third-order valence-electron chi connectivity index (χ3n) is 5.27. The van der Waals surface area contributed by atoms with Gasteiger partial charge in [-0.1, -0.05) is 17.7 Å². The number of hydrogen-bond donors (Lipinski definition) is 1. The number of hydrogen-bond acceptors (Lipinski definition) is 2. The van der Waals surface area contributed by atoms with Crippen LogP contribution in [0, 0.1) is 11.6 Å². The van der Waals surface area contributed by atoms with Crippen molar-refractivity contribution in [2.45, 2.75) is 18.3 Å². The van der Waals surface area contributed by atoms with Crippen molar-refractivity contribution in [2.75, 3.05) is 24.5 Å². The minimum Gasteiger partial charge on any atom is -0.317 e. The fourth-order valence-electron chi connectivity index (χ4n) is 3.97. The summed E-state index contributed by atoms with van der Waals surface area (Å²) in [7, 11) is 0. The molecule has 2 aliphatic rings. The summed E-state index contributed by atoms with van der Waals surface area (Å²) in [5.74, 6) is -2.64. The summed E-state index contributed by atoms with van der Waals surface area (Å²) in [5.41, 5.74) is 1.32. The highest BCUT2D eigenvalue weighted by molar-refractivity contribution is 6.30. The number of anilines is 1. The molecule has 3 nitrogen and oxygen atoms in total. The van der Waals surface area contributed by atoms with Gasteiger partial charge in [-0.3, -0.25) is 4.79 Å². The molecule has 0 atom stereocenters. The van der Waals surface area contributed by atoms with E-state index in [1.54, 1.807) is 17.0 Å². The number of carbonyl (C=O) groups is 1. The molecule has 0 saturated carbocycles. The normalized spacial score (nSPS) is 18.4. The van der Waals surface area contributed by atoms with E-state index < -0.39 is 17.5 Å². The lowest BCUT2D eigenvalue weighted by Gasteiger charge is -2.34. The van der Waals surface area contributed by atoms with E-state index in [9.17, 15) is 13.6 Å². The van der Waals surface area contributed by atoms with Gasteiger partial charge < -0.3 is 10.2 Å². The summed E-state index contributed by atoms with van der Waals surface area (Å²) in [5, 5.41) is 3.94. The lowest BCUT2D eigenvalue weighted by Crippen LogP contribution is -2.44. The van der Waals surface area contributed by atoms with Gasteiger partial charge in [0.1, 0.15) is 0 Å². The Morgan fingerprint density at radius 2 is 1.92 bits per heavy atom. The second-order valence-electron chi connectivity index (χ2n) is 6.68. The van der Waals surface area contributed by atoms with Crippen molar-refractivity contribution < 1.29 is 13.6 Å². The Bertz CT molecular complexity index is 849. The number of halogens is 3. The van der Waals surface area contributed by atoms with Crippen LogP contribution in [0.3, 0.4) is 0 Å². The first kappa shape index (κ1) is 16.5. The molecule has 25 heavy (non-hydrogen) atoms. The number of rotatable bonds is 1. The second kappa shape index (κ2) is 6.07. The quantitative estimate of drug-likeness (QED) is 0.834. The molecule has 1 amide bonds. The SMILES string of the molecule is O=C(c1cccc(F)c1F)N1CC2(CCNCC2)c2cc(Cl)ccc21. The van der Waals surface area contributed by atoms with E-state index in [0.717, 1.165) is 43.2 Å². The van der Waals surface area contributed by atoms with E-state index in [1.807, 2.05) is 6.07 Å². The smallest absolute Gasteiger partial charge is 0.261 e. The Kier molecular flexibility index (Phi) is 4.01. The molecule has 2 aromatic rings. The number of benzene rings is 2. The lowest BCUT2D eigenvalue weighted by atomic mass is 9.75. The van der Waals surface area contributed by atoms with Gasteiger partial charge in [-0.05, 0) is 61.8 Å². The number of amides is 1. The van der Waals surface area contributed by atoms with Crippen molar-refractivity contribution in [2.24, 2.45) is 0 Å². The van der Waals surface area contributed by atoms with Crippen molar-refractivity contribution in [1.82, 2.24) is 5.32 Å². The number of piperidine rings is 1. The maximum Gasteiger partial charge on any atom is 0.261 e. The molecule has 4 rings (SSSR count). The molecule has 2 aromatic carbocycles. The molecule has 130 valence electrons.